The van der Waals surface area contributed by atoms with Crippen LogP contribution >= 0.6 is 0 Å². The predicted molar refractivity (Wildman–Crippen MR) is 205 cm³/mol. The molecule has 2 aromatic heterocycles. The second kappa shape index (κ2) is 11.0. The van der Waals surface area contributed by atoms with Gasteiger partial charge in [-0.05, 0) is 45.8 Å². The maximum Gasteiger partial charge on any atom is 0.160 e. The van der Waals surface area contributed by atoms with Crippen LogP contribution < -0.4 is 0 Å². The molecule has 0 N–H and O–H groups in total. The highest BCUT2D eigenvalue weighted by Crippen LogP contribution is 2.45. The zero-order chi connectivity index (χ0) is 32.3. The first-order chi connectivity index (χ1) is 24.3. The van der Waals surface area contributed by atoms with Gasteiger partial charge in [-0.1, -0.05) is 152 Å². The van der Waals surface area contributed by atoms with Gasteiger partial charge < -0.3 is 4.57 Å². The van der Waals surface area contributed by atoms with Crippen LogP contribution in [0.5, 0.6) is 0 Å². The fraction of sp³-hybridized carbons (Fsp3) is 0. The molecule has 0 amide bonds. The quantitative estimate of drug-likeness (QED) is 0.183. The summed E-state index contributed by atoms with van der Waals surface area (Å²) in [5, 5.41) is 10.1. The Morgan fingerprint density at radius 1 is 0.367 bits per heavy atom. The van der Waals surface area contributed by atoms with Crippen LogP contribution in [0.15, 0.2) is 176 Å². The Kier molecular flexibility index (Phi) is 6.18. The summed E-state index contributed by atoms with van der Waals surface area (Å²) in [7, 11) is 0. The number of aromatic nitrogens is 3. The van der Waals surface area contributed by atoms with E-state index in [-0.39, 0.29) is 0 Å². The number of hydrogen-bond donors (Lipinski definition) is 0. The molecule has 49 heavy (non-hydrogen) atoms. The molecule has 2 heterocycles. The third-order valence-electron chi connectivity index (χ3n) is 9.75. The molecule has 0 aliphatic heterocycles. The number of fused-ring (bicyclic) bond motifs is 10. The fourth-order valence-electron chi connectivity index (χ4n) is 7.58. The van der Waals surface area contributed by atoms with Crippen molar-refractivity contribution in [3.05, 3.63) is 176 Å². The number of hydrogen-bond acceptors (Lipinski definition) is 2. The van der Waals surface area contributed by atoms with E-state index in [0.717, 1.165) is 33.8 Å². The zero-order valence-electron chi connectivity index (χ0n) is 26.6. The molecule has 0 atom stereocenters. The van der Waals surface area contributed by atoms with Crippen LogP contribution in [0.1, 0.15) is 0 Å². The van der Waals surface area contributed by atoms with Gasteiger partial charge in [-0.2, -0.15) is 0 Å². The van der Waals surface area contributed by atoms with Crippen LogP contribution in [-0.2, 0) is 0 Å². The van der Waals surface area contributed by atoms with E-state index >= 15 is 0 Å². The van der Waals surface area contributed by atoms with Crippen molar-refractivity contribution in [3.8, 4) is 39.6 Å². The summed E-state index contributed by atoms with van der Waals surface area (Å²) in [6.45, 7) is 0. The van der Waals surface area contributed by atoms with Gasteiger partial charge in [0.15, 0.2) is 5.82 Å². The topological polar surface area (TPSA) is 30.7 Å². The second-order valence-corrected chi connectivity index (χ2v) is 12.6. The molecule has 228 valence electrons. The highest BCUT2D eigenvalue weighted by molar-refractivity contribution is 6.36. The van der Waals surface area contributed by atoms with Gasteiger partial charge in [-0.25, -0.2) is 9.97 Å². The molecule has 0 aliphatic carbocycles. The summed E-state index contributed by atoms with van der Waals surface area (Å²) in [5.41, 5.74) is 8.37. The van der Waals surface area contributed by atoms with E-state index in [1.807, 2.05) is 24.3 Å². The summed E-state index contributed by atoms with van der Waals surface area (Å²) < 4.78 is 2.45. The smallest absolute Gasteiger partial charge is 0.160 e. The Morgan fingerprint density at radius 2 is 0.980 bits per heavy atom. The lowest BCUT2D eigenvalue weighted by Gasteiger charge is -2.15. The standard InChI is InChI=1S/C46H29N3/c1-3-15-31(16-4-1)40-29-41(48-46(47-40)32-17-5-2-6-18-32)33-19-13-20-34(28-33)49-42-25-12-11-24-39(42)44-43-35-21-8-7-14-30(35)26-27-37(43)36-22-9-10-23-38(36)45(44)49/h1-29H. The molecular formula is C46H29N3. The highest BCUT2D eigenvalue weighted by Gasteiger charge is 2.20. The summed E-state index contributed by atoms with van der Waals surface area (Å²) in [6, 6.07) is 62.5. The first-order valence-electron chi connectivity index (χ1n) is 16.7. The maximum absolute atomic E-state index is 5.15. The summed E-state index contributed by atoms with van der Waals surface area (Å²) in [6.07, 6.45) is 0. The molecule has 3 nitrogen and oxygen atoms in total. The van der Waals surface area contributed by atoms with Gasteiger partial charge in [0.05, 0.1) is 22.4 Å². The van der Waals surface area contributed by atoms with Crippen LogP contribution in [0.2, 0.25) is 0 Å². The predicted octanol–water partition coefficient (Wildman–Crippen LogP) is 12.0. The Labute approximate surface area is 283 Å². The average Bonchev–Trinajstić information content (AvgIpc) is 3.54. The highest BCUT2D eigenvalue weighted by atomic mass is 15.0. The van der Waals surface area contributed by atoms with Crippen LogP contribution in [-0.4, -0.2) is 14.5 Å². The minimum atomic E-state index is 0.712. The number of benzene rings is 8. The summed E-state index contributed by atoms with van der Waals surface area (Å²) in [4.78, 5) is 10.2. The molecule has 3 heteroatoms. The molecular weight excluding hydrogens is 595 g/mol. The number of nitrogens with zero attached hydrogens (tertiary/aromatic N) is 3. The minimum absolute atomic E-state index is 0.712. The van der Waals surface area contributed by atoms with Gasteiger partial charge in [-0.3, -0.25) is 0 Å². The van der Waals surface area contributed by atoms with Crippen molar-refractivity contribution in [3.63, 3.8) is 0 Å². The van der Waals surface area contributed by atoms with E-state index in [1.165, 1.54) is 54.1 Å². The van der Waals surface area contributed by atoms with Gasteiger partial charge >= 0.3 is 0 Å². The molecule has 0 unspecified atom stereocenters. The molecule has 8 aromatic carbocycles. The molecule has 0 saturated heterocycles. The van der Waals surface area contributed by atoms with Crippen molar-refractivity contribution in [2.45, 2.75) is 0 Å². The minimum Gasteiger partial charge on any atom is -0.309 e. The van der Waals surface area contributed by atoms with E-state index in [2.05, 4.69) is 156 Å². The Morgan fingerprint density at radius 3 is 1.78 bits per heavy atom. The first kappa shape index (κ1) is 27.5. The van der Waals surface area contributed by atoms with Crippen LogP contribution in [0.3, 0.4) is 0 Å². The lowest BCUT2D eigenvalue weighted by molar-refractivity contribution is 1.17. The van der Waals surface area contributed by atoms with Crippen LogP contribution in [0, 0.1) is 0 Å². The van der Waals surface area contributed by atoms with Crippen molar-refractivity contribution in [1.29, 1.82) is 0 Å². The monoisotopic (exact) mass is 623 g/mol. The summed E-state index contributed by atoms with van der Waals surface area (Å²) >= 11 is 0. The van der Waals surface area contributed by atoms with Gasteiger partial charge in [0, 0.05) is 43.9 Å². The van der Waals surface area contributed by atoms with Crippen molar-refractivity contribution in [2.75, 3.05) is 0 Å². The molecule has 0 saturated carbocycles. The van der Waals surface area contributed by atoms with Crippen LogP contribution in [0.4, 0.5) is 0 Å². The third-order valence-corrected chi connectivity index (χ3v) is 9.75. The van der Waals surface area contributed by atoms with Crippen molar-refractivity contribution < 1.29 is 0 Å². The maximum atomic E-state index is 5.15. The van der Waals surface area contributed by atoms with E-state index in [4.69, 9.17) is 9.97 Å². The van der Waals surface area contributed by atoms with E-state index in [0.29, 0.717) is 5.82 Å². The van der Waals surface area contributed by atoms with Gasteiger partial charge in [0.2, 0.25) is 0 Å². The van der Waals surface area contributed by atoms with Gasteiger partial charge in [0.25, 0.3) is 0 Å². The van der Waals surface area contributed by atoms with E-state index < -0.39 is 0 Å². The average molecular weight is 624 g/mol. The first-order valence-corrected chi connectivity index (χ1v) is 16.7. The van der Waals surface area contributed by atoms with Crippen molar-refractivity contribution >= 4 is 54.1 Å². The van der Waals surface area contributed by atoms with Gasteiger partial charge in [0.1, 0.15) is 0 Å². The molecule has 0 fully saturated rings. The SMILES string of the molecule is c1ccc(-c2cc(-c3cccc(-n4c5ccccc5c5c6c7ccccc7ccc6c6ccccc6c54)c3)nc(-c3ccccc3)n2)cc1. The molecule has 0 aliphatic rings. The van der Waals surface area contributed by atoms with Crippen molar-refractivity contribution in [2.24, 2.45) is 0 Å². The zero-order valence-corrected chi connectivity index (χ0v) is 26.6. The van der Waals surface area contributed by atoms with Crippen LogP contribution in [0.25, 0.3) is 93.7 Å². The molecule has 0 bridgehead atoms. The lowest BCUT2D eigenvalue weighted by atomic mass is 9.93. The third kappa shape index (κ3) is 4.37. The Bertz CT molecular complexity index is 2810. The van der Waals surface area contributed by atoms with E-state index in [9.17, 15) is 0 Å². The fourth-order valence-corrected chi connectivity index (χ4v) is 7.58. The summed E-state index contributed by atoms with van der Waals surface area (Å²) in [5.74, 6) is 0.712. The second-order valence-electron chi connectivity index (χ2n) is 12.6. The molecule has 10 aromatic rings. The van der Waals surface area contributed by atoms with E-state index in [1.54, 1.807) is 0 Å². The van der Waals surface area contributed by atoms with Gasteiger partial charge in [-0.15, -0.1) is 0 Å². The lowest BCUT2D eigenvalue weighted by Crippen LogP contribution is -1.98. The Balaban J connectivity index is 1.28. The number of rotatable bonds is 4. The molecule has 10 rings (SSSR count). The molecule has 0 radical (unpaired) electrons. The largest absolute Gasteiger partial charge is 0.309 e. The molecule has 0 spiro atoms. The Hall–Kier alpha value is -6.58. The van der Waals surface area contributed by atoms with Crippen molar-refractivity contribution in [1.82, 2.24) is 14.5 Å². The normalized spacial score (nSPS) is 11.7. The number of para-hydroxylation sites is 1.